The molecule has 0 aliphatic rings. The van der Waals surface area contributed by atoms with Crippen LogP contribution >= 0.6 is 11.6 Å². The van der Waals surface area contributed by atoms with Gasteiger partial charge < -0.3 is 18.8 Å². The largest absolute Gasteiger partial charge is 0.493 e. The highest BCUT2D eigenvalue weighted by Gasteiger charge is 2.18. The minimum Gasteiger partial charge on any atom is -0.493 e. The molecule has 0 saturated carbocycles. The number of benzene rings is 3. The summed E-state index contributed by atoms with van der Waals surface area (Å²) in [7, 11) is 1.65. The second-order valence-electron chi connectivity index (χ2n) is 7.63. The van der Waals surface area contributed by atoms with Crippen LogP contribution in [0.2, 0.25) is 5.02 Å². The van der Waals surface area contributed by atoms with Gasteiger partial charge in [-0.15, -0.1) is 0 Å². The van der Waals surface area contributed by atoms with Gasteiger partial charge in [-0.25, -0.2) is 4.98 Å². The average Bonchev–Trinajstić information content (AvgIpc) is 3.18. The van der Waals surface area contributed by atoms with E-state index in [4.69, 9.17) is 30.8 Å². The Morgan fingerprint density at radius 3 is 2.53 bits per heavy atom. The Morgan fingerprint density at radius 1 is 1.00 bits per heavy atom. The van der Waals surface area contributed by atoms with Crippen molar-refractivity contribution >= 4 is 22.6 Å². The van der Waals surface area contributed by atoms with Crippen LogP contribution in [0.1, 0.15) is 30.8 Å². The number of hydrogen-bond acceptors (Lipinski definition) is 4. The van der Waals surface area contributed by atoms with Gasteiger partial charge in [-0.05, 0) is 68.3 Å². The summed E-state index contributed by atoms with van der Waals surface area (Å²) in [4.78, 5) is 4.86. The molecule has 0 N–H and O–H groups in total. The van der Waals surface area contributed by atoms with Crippen molar-refractivity contribution in [3.63, 3.8) is 0 Å². The Morgan fingerprint density at radius 2 is 1.75 bits per heavy atom. The van der Waals surface area contributed by atoms with Crippen LogP contribution in [0.5, 0.6) is 17.2 Å². The van der Waals surface area contributed by atoms with Gasteiger partial charge in [-0.2, -0.15) is 0 Å². The predicted molar refractivity (Wildman–Crippen MR) is 128 cm³/mol. The standard InChI is InChI=1S/C26H27ClN2O3/c1-18-17-20(13-14-21(18)27)32-19(2)26-28-22-9-4-5-10-23(22)29(26)15-8-16-31-25-12-7-6-11-24(25)30-3/h4-7,9-14,17,19H,8,15-16H2,1-3H3. The van der Waals surface area contributed by atoms with Gasteiger partial charge in [0.05, 0.1) is 24.8 Å². The molecular formula is C26H27ClN2O3. The van der Waals surface area contributed by atoms with Crippen LogP contribution in [0.15, 0.2) is 66.7 Å². The van der Waals surface area contributed by atoms with Crippen LogP contribution in [-0.4, -0.2) is 23.3 Å². The quantitative estimate of drug-likeness (QED) is 0.269. The first-order valence-electron chi connectivity index (χ1n) is 10.7. The highest BCUT2D eigenvalue weighted by Crippen LogP contribution is 2.29. The van der Waals surface area contributed by atoms with E-state index in [1.54, 1.807) is 7.11 Å². The van der Waals surface area contributed by atoms with Gasteiger partial charge in [0, 0.05) is 11.6 Å². The van der Waals surface area contributed by atoms with E-state index in [1.165, 1.54) is 0 Å². The number of hydrogen-bond donors (Lipinski definition) is 0. The number of para-hydroxylation sites is 4. The van der Waals surface area contributed by atoms with Gasteiger partial charge in [0.2, 0.25) is 0 Å². The molecule has 1 atom stereocenters. The zero-order valence-electron chi connectivity index (χ0n) is 18.5. The smallest absolute Gasteiger partial charge is 0.161 e. The first-order chi connectivity index (χ1) is 15.6. The van der Waals surface area contributed by atoms with E-state index in [2.05, 4.69) is 10.6 Å². The fraction of sp³-hybridized carbons (Fsp3) is 0.269. The fourth-order valence-electron chi connectivity index (χ4n) is 3.73. The lowest BCUT2D eigenvalue weighted by molar-refractivity contribution is 0.209. The maximum Gasteiger partial charge on any atom is 0.161 e. The minimum absolute atomic E-state index is 0.224. The van der Waals surface area contributed by atoms with Crippen LogP contribution in [-0.2, 0) is 6.54 Å². The van der Waals surface area contributed by atoms with Crippen molar-refractivity contribution in [3.05, 3.63) is 83.1 Å². The van der Waals surface area contributed by atoms with Gasteiger partial charge in [0.15, 0.2) is 23.4 Å². The molecule has 0 spiro atoms. The number of fused-ring (bicyclic) bond motifs is 1. The Kier molecular flexibility index (Phi) is 6.86. The molecule has 1 heterocycles. The first-order valence-corrected chi connectivity index (χ1v) is 11.1. The SMILES string of the molecule is COc1ccccc1OCCCn1c(C(C)Oc2ccc(Cl)c(C)c2)nc2ccccc21. The molecule has 32 heavy (non-hydrogen) atoms. The average molecular weight is 451 g/mol. The van der Waals surface area contributed by atoms with Gasteiger partial charge in [-0.3, -0.25) is 0 Å². The summed E-state index contributed by atoms with van der Waals surface area (Å²) >= 11 is 6.16. The Hall–Kier alpha value is -3.18. The van der Waals surface area contributed by atoms with E-state index in [0.717, 1.165) is 57.7 Å². The molecule has 4 rings (SSSR count). The normalized spacial score (nSPS) is 12.0. The summed E-state index contributed by atoms with van der Waals surface area (Å²) < 4.78 is 19.8. The maximum absolute atomic E-state index is 6.22. The second kappa shape index (κ2) is 9.96. The molecule has 0 aliphatic carbocycles. The van der Waals surface area contributed by atoms with Crippen molar-refractivity contribution in [1.29, 1.82) is 0 Å². The number of nitrogens with zero attached hydrogens (tertiary/aromatic N) is 2. The topological polar surface area (TPSA) is 45.5 Å². The van der Waals surface area contributed by atoms with E-state index in [9.17, 15) is 0 Å². The van der Waals surface area contributed by atoms with Gasteiger partial charge >= 0.3 is 0 Å². The lowest BCUT2D eigenvalue weighted by atomic mass is 10.2. The van der Waals surface area contributed by atoms with Gasteiger partial charge in [0.1, 0.15) is 5.75 Å². The molecule has 1 aromatic heterocycles. The molecule has 3 aromatic carbocycles. The van der Waals surface area contributed by atoms with E-state index in [0.29, 0.717) is 6.61 Å². The van der Waals surface area contributed by atoms with E-state index in [1.807, 2.05) is 74.5 Å². The van der Waals surface area contributed by atoms with Crippen molar-refractivity contribution in [2.24, 2.45) is 0 Å². The van der Waals surface area contributed by atoms with Crippen molar-refractivity contribution < 1.29 is 14.2 Å². The summed E-state index contributed by atoms with van der Waals surface area (Å²) in [5.41, 5.74) is 3.02. The molecule has 0 aliphatic heterocycles. The summed E-state index contributed by atoms with van der Waals surface area (Å²) in [6, 6.07) is 21.5. The van der Waals surface area contributed by atoms with Crippen molar-refractivity contribution in [1.82, 2.24) is 9.55 Å². The summed E-state index contributed by atoms with van der Waals surface area (Å²) in [6.45, 7) is 5.32. The molecule has 0 saturated heterocycles. The molecule has 4 aromatic rings. The zero-order valence-corrected chi connectivity index (χ0v) is 19.3. The predicted octanol–water partition coefficient (Wildman–Crippen LogP) is 6.62. The zero-order chi connectivity index (χ0) is 22.5. The monoisotopic (exact) mass is 450 g/mol. The molecule has 0 fully saturated rings. The lowest BCUT2D eigenvalue weighted by Gasteiger charge is -2.17. The van der Waals surface area contributed by atoms with Gasteiger partial charge in [-0.1, -0.05) is 35.9 Å². The molecule has 5 nitrogen and oxygen atoms in total. The third kappa shape index (κ3) is 4.83. The van der Waals surface area contributed by atoms with E-state index >= 15 is 0 Å². The molecule has 0 bridgehead atoms. The maximum atomic E-state index is 6.22. The van der Waals surface area contributed by atoms with Crippen LogP contribution in [0.25, 0.3) is 11.0 Å². The van der Waals surface area contributed by atoms with E-state index in [-0.39, 0.29) is 6.10 Å². The molecular weight excluding hydrogens is 424 g/mol. The van der Waals surface area contributed by atoms with Crippen LogP contribution in [0, 0.1) is 6.92 Å². The number of methoxy groups -OCH3 is 1. The molecule has 6 heteroatoms. The molecule has 1 unspecified atom stereocenters. The van der Waals surface area contributed by atoms with Crippen LogP contribution in [0.4, 0.5) is 0 Å². The number of ether oxygens (including phenoxy) is 3. The Balaban J connectivity index is 1.50. The van der Waals surface area contributed by atoms with Crippen LogP contribution in [0.3, 0.4) is 0 Å². The van der Waals surface area contributed by atoms with Crippen LogP contribution < -0.4 is 14.2 Å². The molecule has 0 amide bonds. The lowest BCUT2D eigenvalue weighted by Crippen LogP contribution is -2.13. The van der Waals surface area contributed by atoms with Crippen molar-refractivity contribution in [2.75, 3.05) is 13.7 Å². The fourth-order valence-corrected chi connectivity index (χ4v) is 3.85. The van der Waals surface area contributed by atoms with Crippen molar-refractivity contribution in [3.8, 4) is 17.2 Å². The third-order valence-electron chi connectivity index (χ3n) is 5.34. The molecule has 0 radical (unpaired) electrons. The minimum atomic E-state index is -0.224. The highest BCUT2D eigenvalue weighted by atomic mass is 35.5. The molecule has 166 valence electrons. The Labute approximate surface area is 193 Å². The number of rotatable bonds is 9. The van der Waals surface area contributed by atoms with Gasteiger partial charge in [0.25, 0.3) is 0 Å². The first kappa shape index (κ1) is 22.0. The summed E-state index contributed by atoms with van der Waals surface area (Å²) in [6.07, 6.45) is 0.594. The highest BCUT2D eigenvalue weighted by molar-refractivity contribution is 6.31. The van der Waals surface area contributed by atoms with Crippen molar-refractivity contribution in [2.45, 2.75) is 32.9 Å². The van der Waals surface area contributed by atoms with E-state index < -0.39 is 0 Å². The number of aromatic nitrogens is 2. The summed E-state index contributed by atoms with van der Waals surface area (Å²) in [5, 5.41) is 0.729. The number of imidazole rings is 1. The summed E-state index contributed by atoms with van der Waals surface area (Å²) in [5.74, 6) is 3.15. The number of halogens is 1. The Bertz CT molecular complexity index is 1200. The third-order valence-corrected chi connectivity index (χ3v) is 5.77. The second-order valence-corrected chi connectivity index (χ2v) is 8.04. The number of aryl methyl sites for hydroxylation is 2.